The smallest absolute Gasteiger partial charge is 0.410 e. The first-order chi connectivity index (χ1) is 11.8. The van der Waals surface area contributed by atoms with Crippen molar-refractivity contribution in [3.05, 3.63) is 0 Å². The van der Waals surface area contributed by atoms with Crippen LogP contribution in [0.15, 0.2) is 0 Å². The molecule has 3 aliphatic rings. The zero-order valence-electron chi connectivity index (χ0n) is 15.9. The fourth-order valence-electron chi connectivity index (χ4n) is 4.04. The minimum absolute atomic E-state index is 0.128. The number of piperazine rings is 1. The molecule has 3 aliphatic heterocycles. The van der Waals surface area contributed by atoms with Gasteiger partial charge in [0.15, 0.2) is 0 Å². The molecule has 7 nitrogen and oxygen atoms in total. The quantitative estimate of drug-likeness (QED) is 0.711. The van der Waals surface area contributed by atoms with Crippen LogP contribution in [0.1, 0.15) is 40.5 Å². The molecule has 0 aliphatic carbocycles. The van der Waals surface area contributed by atoms with Crippen molar-refractivity contribution in [1.82, 2.24) is 14.7 Å². The van der Waals surface area contributed by atoms with Gasteiger partial charge in [0.2, 0.25) is 0 Å². The molecule has 3 saturated heterocycles. The number of ether oxygens (including phenoxy) is 2. The fourth-order valence-corrected chi connectivity index (χ4v) is 4.04. The van der Waals surface area contributed by atoms with Crippen LogP contribution in [-0.2, 0) is 14.3 Å². The summed E-state index contributed by atoms with van der Waals surface area (Å²) in [4.78, 5) is 30.3. The van der Waals surface area contributed by atoms with Gasteiger partial charge >= 0.3 is 12.1 Å². The maximum Gasteiger partial charge on any atom is 0.410 e. The number of carbonyl (C=O) groups is 2. The normalized spacial score (nSPS) is 27.9. The molecule has 3 fully saturated rings. The predicted molar refractivity (Wildman–Crippen MR) is 93.3 cm³/mol. The lowest BCUT2D eigenvalue weighted by Gasteiger charge is -2.64. The predicted octanol–water partition coefficient (Wildman–Crippen LogP) is 1.32. The number of likely N-dealkylation sites (tertiary alicyclic amines) is 3. The molecule has 0 bridgehead atoms. The Bertz CT molecular complexity index is 511. The maximum atomic E-state index is 12.1. The summed E-state index contributed by atoms with van der Waals surface area (Å²) in [6.07, 6.45) is 1.97. The van der Waals surface area contributed by atoms with Crippen LogP contribution in [0.25, 0.3) is 0 Å². The number of piperidine rings is 1. The van der Waals surface area contributed by atoms with Gasteiger partial charge in [0.25, 0.3) is 0 Å². The van der Waals surface area contributed by atoms with Gasteiger partial charge in [-0.05, 0) is 40.5 Å². The SMILES string of the molecule is CCOC(=O)CN1CCC(N2CC3[C@H]2CN3C(=O)OC(C)(C)C)CC1. The molecule has 0 N–H and O–H groups in total. The van der Waals surface area contributed by atoms with Crippen LogP contribution in [-0.4, -0.2) is 89.8 Å². The molecule has 2 atom stereocenters. The largest absolute Gasteiger partial charge is 0.465 e. The van der Waals surface area contributed by atoms with E-state index in [0.29, 0.717) is 31.3 Å². The highest BCUT2D eigenvalue weighted by Gasteiger charge is 2.56. The Morgan fingerprint density at radius 2 is 1.76 bits per heavy atom. The van der Waals surface area contributed by atoms with Crippen molar-refractivity contribution in [3.63, 3.8) is 0 Å². The lowest BCUT2D eigenvalue weighted by molar-refractivity contribution is -0.149. The van der Waals surface area contributed by atoms with E-state index in [1.54, 1.807) is 0 Å². The minimum atomic E-state index is -0.433. The molecular formula is C18H31N3O4. The molecule has 7 heteroatoms. The van der Waals surface area contributed by atoms with Crippen molar-refractivity contribution in [2.24, 2.45) is 0 Å². The van der Waals surface area contributed by atoms with Gasteiger partial charge in [-0.2, -0.15) is 0 Å². The molecule has 142 valence electrons. The number of hydrogen-bond acceptors (Lipinski definition) is 6. The summed E-state index contributed by atoms with van der Waals surface area (Å²) in [5.74, 6) is -0.128. The van der Waals surface area contributed by atoms with Crippen molar-refractivity contribution >= 4 is 12.1 Å². The van der Waals surface area contributed by atoms with Gasteiger partial charge in [-0.1, -0.05) is 0 Å². The van der Waals surface area contributed by atoms with Crippen LogP contribution in [0.3, 0.4) is 0 Å². The average Bonchev–Trinajstić information content (AvgIpc) is 2.49. The third-order valence-corrected chi connectivity index (χ3v) is 5.36. The maximum absolute atomic E-state index is 12.1. The van der Waals surface area contributed by atoms with Gasteiger partial charge in [0, 0.05) is 38.3 Å². The van der Waals surface area contributed by atoms with E-state index in [0.717, 1.165) is 39.0 Å². The number of rotatable bonds is 4. The summed E-state index contributed by atoms with van der Waals surface area (Å²) in [5, 5.41) is 0. The zero-order chi connectivity index (χ0) is 18.2. The Morgan fingerprint density at radius 1 is 1.08 bits per heavy atom. The molecule has 25 heavy (non-hydrogen) atoms. The first-order valence-corrected chi connectivity index (χ1v) is 9.42. The highest BCUT2D eigenvalue weighted by molar-refractivity contribution is 5.71. The first kappa shape index (κ1) is 18.5. The van der Waals surface area contributed by atoms with Crippen LogP contribution >= 0.6 is 0 Å². The summed E-state index contributed by atoms with van der Waals surface area (Å²) in [6.45, 7) is 12.0. The summed E-state index contributed by atoms with van der Waals surface area (Å²) in [5.41, 5.74) is -0.433. The summed E-state index contributed by atoms with van der Waals surface area (Å²) in [6, 6.07) is 1.39. The first-order valence-electron chi connectivity index (χ1n) is 9.42. The number of carbonyl (C=O) groups excluding carboxylic acids is 2. The van der Waals surface area contributed by atoms with Gasteiger partial charge in [-0.25, -0.2) is 4.79 Å². The molecular weight excluding hydrogens is 322 g/mol. The van der Waals surface area contributed by atoms with Gasteiger partial charge in [-0.15, -0.1) is 0 Å². The lowest BCUT2D eigenvalue weighted by atomic mass is 9.82. The van der Waals surface area contributed by atoms with E-state index in [-0.39, 0.29) is 12.1 Å². The Morgan fingerprint density at radius 3 is 2.28 bits per heavy atom. The van der Waals surface area contributed by atoms with Crippen molar-refractivity contribution < 1.29 is 19.1 Å². The van der Waals surface area contributed by atoms with E-state index in [9.17, 15) is 9.59 Å². The van der Waals surface area contributed by atoms with E-state index >= 15 is 0 Å². The molecule has 3 rings (SSSR count). The van der Waals surface area contributed by atoms with Gasteiger partial charge in [0.05, 0.1) is 19.2 Å². The number of amides is 1. The van der Waals surface area contributed by atoms with Gasteiger partial charge in [0.1, 0.15) is 5.60 Å². The van der Waals surface area contributed by atoms with E-state index in [4.69, 9.17) is 9.47 Å². The molecule has 0 aromatic rings. The summed E-state index contributed by atoms with van der Waals surface area (Å²) >= 11 is 0. The number of hydrogen-bond donors (Lipinski definition) is 0. The standard InChI is InChI=1S/C18H31N3O4/c1-5-24-16(22)12-19-8-6-13(7-9-19)20-10-15-14(20)11-21(15)17(23)25-18(2,3)4/h13-15H,5-12H2,1-4H3/t14-,15?/m1/s1. The molecule has 0 aromatic carbocycles. The fraction of sp³-hybridized carbons (Fsp3) is 0.889. The Hall–Kier alpha value is -1.34. The molecule has 0 saturated carbocycles. The number of esters is 1. The molecule has 0 spiro atoms. The van der Waals surface area contributed by atoms with Crippen LogP contribution in [0.2, 0.25) is 0 Å². The summed E-state index contributed by atoms with van der Waals surface area (Å²) < 4.78 is 10.5. The second kappa shape index (κ2) is 7.11. The highest BCUT2D eigenvalue weighted by atomic mass is 16.6. The lowest BCUT2D eigenvalue weighted by Crippen LogP contribution is -2.81. The minimum Gasteiger partial charge on any atom is -0.465 e. The van der Waals surface area contributed by atoms with Crippen molar-refractivity contribution in [2.75, 3.05) is 39.3 Å². The molecule has 1 unspecified atom stereocenters. The monoisotopic (exact) mass is 353 g/mol. The summed E-state index contributed by atoms with van der Waals surface area (Å²) in [7, 11) is 0. The van der Waals surface area contributed by atoms with Crippen molar-refractivity contribution in [1.29, 1.82) is 0 Å². The number of fused-ring (bicyclic) bond motifs is 1. The van der Waals surface area contributed by atoms with Crippen LogP contribution < -0.4 is 0 Å². The molecule has 0 aromatic heterocycles. The molecule has 1 amide bonds. The van der Waals surface area contributed by atoms with Gasteiger partial charge < -0.3 is 14.4 Å². The second-order valence-electron chi connectivity index (χ2n) is 8.28. The van der Waals surface area contributed by atoms with E-state index in [1.807, 2.05) is 32.6 Å². The van der Waals surface area contributed by atoms with Crippen LogP contribution in [0, 0.1) is 0 Å². The molecule has 0 radical (unpaired) electrons. The second-order valence-corrected chi connectivity index (χ2v) is 8.28. The Kier molecular flexibility index (Phi) is 5.25. The van der Waals surface area contributed by atoms with Crippen LogP contribution in [0.5, 0.6) is 0 Å². The van der Waals surface area contributed by atoms with Crippen molar-refractivity contribution in [3.8, 4) is 0 Å². The van der Waals surface area contributed by atoms with E-state index in [1.165, 1.54) is 0 Å². The van der Waals surface area contributed by atoms with Crippen LogP contribution in [0.4, 0.5) is 4.79 Å². The zero-order valence-corrected chi connectivity index (χ0v) is 15.9. The Labute approximate surface area is 150 Å². The highest BCUT2D eigenvalue weighted by Crippen LogP contribution is 2.38. The third kappa shape index (κ3) is 4.08. The topological polar surface area (TPSA) is 62.3 Å². The van der Waals surface area contributed by atoms with E-state index in [2.05, 4.69) is 9.80 Å². The van der Waals surface area contributed by atoms with Crippen molar-refractivity contribution in [2.45, 2.75) is 64.3 Å². The van der Waals surface area contributed by atoms with Gasteiger partial charge in [-0.3, -0.25) is 14.6 Å². The third-order valence-electron chi connectivity index (χ3n) is 5.36. The molecule has 3 heterocycles. The average molecular weight is 353 g/mol. The van der Waals surface area contributed by atoms with E-state index < -0.39 is 5.60 Å². The Balaban J connectivity index is 1.39. The number of nitrogens with zero attached hydrogens (tertiary/aromatic N) is 3.